The minimum absolute atomic E-state index is 0.341. The molecule has 9 heteroatoms. The highest BCUT2D eigenvalue weighted by Gasteiger charge is 2.52. The SMILES string of the molecule is CCCC(C1CO1)[Si]1(C)O[SiH](C)O[SiH](C)O[SiH](C)O1. The van der Waals surface area contributed by atoms with Crippen LogP contribution in [0, 0.1) is 0 Å². The molecule has 0 N–H and O–H groups in total. The molecule has 0 spiro atoms. The van der Waals surface area contributed by atoms with Crippen LogP contribution < -0.4 is 0 Å². The van der Waals surface area contributed by atoms with Gasteiger partial charge in [0, 0.05) is 5.54 Å². The minimum atomic E-state index is -2.26. The maximum atomic E-state index is 6.38. The monoisotopic (exact) mass is 338 g/mol. The van der Waals surface area contributed by atoms with Gasteiger partial charge in [-0.3, -0.25) is 0 Å². The molecule has 2 fully saturated rings. The molecule has 4 unspecified atom stereocenters. The van der Waals surface area contributed by atoms with E-state index in [4.69, 9.17) is 21.2 Å². The quantitative estimate of drug-likeness (QED) is 0.570. The lowest BCUT2D eigenvalue weighted by Crippen LogP contribution is -2.56. The van der Waals surface area contributed by atoms with Crippen LogP contribution in [0.2, 0.25) is 31.7 Å². The van der Waals surface area contributed by atoms with Gasteiger partial charge in [-0.05, 0) is 32.6 Å². The van der Waals surface area contributed by atoms with E-state index in [1.807, 2.05) is 0 Å². The van der Waals surface area contributed by atoms with E-state index < -0.39 is 36.4 Å². The number of epoxide rings is 1. The third-order valence-corrected chi connectivity index (χ3v) is 18.2. The highest BCUT2D eigenvalue weighted by atomic mass is 28.5. The second-order valence-corrected chi connectivity index (χ2v) is 15.7. The highest BCUT2D eigenvalue weighted by molar-refractivity contribution is 6.82. The normalized spacial score (nSPS) is 45.3. The molecule has 0 aromatic heterocycles. The first kappa shape index (κ1) is 16.0. The van der Waals surface area contributed by atoms with Gasteiger partial charge in [0.1, 0.15) is 0 Å². The van der Waals surface area contributed by atoms with Gasteiger partial charge >= 0.3 is 8.56 Å². The molecule has 0 aromatic rings. The molecule has 0 amide bonds. The molecule has 4 atom stereocenters. The van der Waals surface area contributed by atoms with E-state index in [0.29, 0.717) is 11.6 Å². The topological polar surface area (TPSA) is 49.5 Å². The van der Waals surface area contributed by atoms with Crippen molar-refractivity contribution in [3.8, 4) is 0 Å². The van der Waals surface area contributed by atoms with Crippen LogP contribution in [-0.2, 0) is 21.2 Å². The zero-order valence-electron chi connectivity index (χ0n) is 12.5. The predicted octanol–water partition coefficient (Wildman–Crippen LogP) is 1.26. The maximum absolute atomic E-state index is 6.38. The maximum Gasteiger partial charge on any atom is 0.322 e. The van der Waals surface area contributed by atoms with Crippen LogP contribution in [0.4, 0.5) is 0 Å². The van der Waals surface area contributed by atoms with Gasteiger partial charge in [0.25, 0.3) is 27.9 Å². The van der Waals surface area contributed by atoms with Crippen molar-refractivity contribution in [3.05, 3.63) is 0 Å². The second-order valence-electron chi connectivity index (χ2n) is 5.49. The van der Waals surface area contributed by atoms with Gasteiger partial charge in [0.2, 0.25) is 0 Å². The predicted molar refractivity (Wildman–Crippen MR) is 83.4 cm³/mol. The zero-order chi connectivity index (χ0) is 14.0. The van der Waals surface area contributed by atoms with Crippen LogP contribution in [-0.4, -0.2) is 49.1 Å². The molecule has 0 aliphatic carbocycles. The summed E-state index contributed by atoms with van der Waals surface area (Å²) < 4.78 is 30.2. The van der Waals surface area contributed by atoms with Crippen LogP contribution in [0.1, 0.15) is 19.8 Å². The van der Waals surface area contributed by atoms with E-state index >= 15 is 0 Å². The fraction of sp³-hybridized carbons (Fsp3) is 1.00. The molecule has 19 heavy (non-hydrogen) atoms. The van der Waals surface area contributed by atoms with Crippen molar-refractivity contribution in [1.29, 1.82) is 0 Å². The van der Waals surface area contributed by atoms with Gasteiger partial charge in [0.05, 0.1) is 12.7 Å². The summed E-state index contributed by atoms with van der Waals surface area (Å²) in [4.78, 5) is 0. The van der Waals surface area contributed by atoms with Crippen molar-refractivity contribution in [1.82, 2.24) is 0 Å². The number of hydrogen-bond donors (Lipinski definition) is 0. The number of ether oxygens (including phenoxy) is 1. The number of hydrogen-bond acceptors (Lipinski definition) is 5. The summed E-state index contributed by atoms with van der Waals surface area (Å²) in [6, 6.07) is 0. The Bertz CT molecular complexity index is 290. The summed E-state index contributed by atoms with van der Waals surface area (Å²) in [7, 11) is -7.06. The van der Waals surface area contributed by atoms with E-state index in [1.165, 1.54) is 0 Å². The van der Waals surface area contributed by atoms with Crippen LogP contribution in [0.15, 0.2) is 0 Å². The van der Waals surface area contributed by atoms with Crippen molar-refractivity contribution in [2.45, 2.75) is 57.6 Å². The lowest BCUT2D eigenvalue weighted by Gasteiger charge is -2.41. The molecule has 2 aliphatic rings. The third-order valence-electron chi connectivity index (χ3n) is 3.65. The van der Waals surface area contributed by atoms with E-state index in [2.05, 4.69) is 33.1 Å². The first-order valence-electron chi connectivity index (χ1n) is 7.22. The summed E-state index contributed by atoms with van der Waals surface area (Å²) in [5.41, 5.74) is 0.421. The molecule has 0 aromatic carbocycles. The molecule has 2 saturated heterocycles. The van der Waals surface area contributed by atoms with Gasteiger partial charge in [-0.1, -0.05) is 13.3 Å². The molecule has 2 heterocycles. The number of rotatable bonds is 4. The Hall–Kier alpha value is 0.668. The Kier molecular flexibility index (Phi) is 5.59. The average Bonchev–Trinajstić information content (AvgIpc) is 3.06. The zero-order valence-corrected chi connectivity index (χ0v) is 17.0. The van der Waals surface area contributed by atoms with E-state index in [0.717, 1.165) is 19.4 Å². The van der Waals surface area contributed by atoms with Crippen LogP contribution >= 0.6 is 0 Å². The largest absolute Gasteiger partial charge is 0.420 e. The van der Waals surface area contributed by atoms with Gasteiger partial charge in [-0.2, -0.15) is 0 Å². The molecular weight excluding hydrogens is 312 g/mol. The summed E-state index contributed by atoms with van der Waals surface area (Å²) in [5.74, 6) is 0. The smallest absolute Gasteiger partial charge is 0.322 e. The van der Waals surface area contributed by atoms with Crippen LogP contribution in [0.5, 0.6) is 0 Å². The Morgan fingerprint density at radius 2 is 1.63 bits per heavy atom. The molecule has 2 rings (SSSR count). The van der Waals surface area contributed by atoms with E-state index in [9.17, 15) is 0 Å². The van der Waals surface area contributed by atoms with Crippen molar-refractivity contribution in [2.75, 3.05) is 6.61 Å². The van der Waals surface area contributed by atoms with Crippen molar-refractivity contribution in [2.24, 2.45) is 0 Å². The summed E-state index contributed by atoms with van der Waals surface area (Å²) >= 11 is 0. The van der Waals surface area contributed by atoms with Crippen molar-refractivity contribution < 1.29 is 21.2 Å². The molecule has 2 aliphatic heterocycles. The summed E-state index contributed by atoms with van der Waals surface area (Å²) in [6.45, 7) is 11.5. The lowest BCUT2D eigenvalue weighted by atomic mass is 10.2. The molecule has 5 nitrogen and oxygen atoms in total. The Morgan fingerprint density at radius 3 is 2.05 bits per heavy atom. The molecule has 0 radical (unpaired) electrons. The third kappa shape index (κ3) is 4.32. The van der Waals surface area contributed by atoms with Crippen LogP contribution in [0.25, 0.3) is 0 Å². The van der Waals surface area contributed by atoms with Gasteiger partial charge in [0.15, 0.2) is 0 Å². The standard InChI is InChI=1S/C10H26O5Si4/c1-6-7-10(9-8-11-9)19(5)14-17(3)12-16(2)13-18(4)15-19/h9-10,16-18H,6-8H2,1-5H3. The minimum Gasteiger partial charge on any atom is -0.420 e. The molecule has 112 valence electrons. The summed E-state index contributed by atoms with van der Waals surface area (Å²) in [6.07, 6.45) is 2.59. The van der Waals surface area contributed by atoms with Crippen molar-refractivity contribution >= 4 is 36.4 Å². The molecule has 0 bridgehead atoms. The Labute approximate surface area is 122 Å². The van der Waals surface area contributed by atoms with Crippen molar-refractivity contribution in [3.63, 3.8) is 0 Å². The van der Waals surface area contributed by atoms with Gasteiger partial charge < -0.3 is 21.2 Å². The van der Waals surface area contributed by atoms with E-state index in [-0.39, 0.29) is 0 Å². The van der Waals surface area contributed by atoms with Gasteiger partial charge in [-0.15, -0.1) is 0 Å². The fourth-order valence-electron chi connectivity index (χ4n) is 2.87. The molecule has 0 saturated carbocycles. The van der Waals surface area contributed by atoms with E-state index in [1.54, 1.807) is 0 Å². The lowest BCUT2D eigenvalue weighted by molar-refractivity contribution is 0.253. The highest BCUT2D eigenvalue weighted by Crippen LogP contribution is 2.40. The summed E-state index contributed by atoms with van der Waals surface area (Å²) in [5, 5.41) is 0. The first-order valence-corrected chi connectivity index (χ1v) is 15.9. The Morgan fingerprint density at radius 1 is 1.11 bits per heavy atom. The van der Waals surface area contributed by atoms with Gasteiger partial charge in [-0.25, -0.2) is 0 Å². The average molecular weight is 339 g/mol. The van der Waals surface area contributed by atoms with Crippen LogP contribution in [0.3, 0.4) is 0 Å². The first-order chi connectivity index (χ1) is 8.94. The Balaban J connectivity index is 2.12. The second kappa shape index (κ2) is 6.62. The molecular formula is C10H26O5Si4. The fourth-order valence-corrected chi connectivity index (χ4v) is 18.5.